The van der Waals surface area contributed by atoms with E-state index in [4.69, 9.17) is 10.8 Å². The molecule has 0 amide bonds. The summed E-state index contributed by atoms with van der Waals surface area (Å²) < 4.78 is 0. The number of aliphatic hydroxyl groups is 1. The molecule has 1 unspecified atom stereocenters. The first-order chi connectivity index (χ1) is 6.11. The van der Waals surface area contributed by atoms with Crippen LogP contribution in [0.5, 0.6) is 0 Å². The number of aromatic amines is 1. The highest BCUT2D eigenvalue weighted by atomic mass is 16.3. The van der Waals surface area contributed by atoms with Crippen molar-refractivity contribution in [3.05, 3.63) is 10.4 Å². The zero-order valence-corrected chi connectivity index (χ0v) is 7.11. The quantitative estimate of drug-likeness (QED) is 0.457. The average molecular weight is 185 g/mol. The van der Waals surface area contributed by atoms with Gasteiger partial charge in [0.25, 0.3) is 5.56 Å². The van der Waals surface area contributed by atoms with Gasteiger partial charge in [-0.15, -0.1) is 5.10 Å². The Bertz CT molecular complexity index is 334. The molecule has 1 aromatic heterocycles. The van der Waals surface area contributed by atoms with Gasteiger partial charge in [0, 0.05) is 6.54 Å². The Balaban J connectivity index is 2.81. The molecule has 1 atom stereocenters. The third kappa shape index (κ3) is 2.41. The molecule has 0 aliphatic carbocycles. The van der Waals surface area contributed by atoms with E-state index in [9.17, 15) is 4.79 Å². The lowest BCUT2D eigenvalue weighted by molar-refractivity contribution is 0.208. The Kier molecular flexibility index (Phi) is 2.80. The van der Waals surface area contributed by atoms with Crippen LogP contribution in [-0.2, 0) is 0 Å². The Morgan fingerprint density at radius 1 is 1.77 bits per heavy atom. The first kappa shape index (κ1) is 9.46. The first-order valence-corrected chi connectivity index (χ1v) is 3.74. The molecule has 13 heavy (non-hydrogen) atoms. The van der Waals surface area contributed by atoms with E-state index in [0.717, 1.165) is 0 Å². The van der Waals surface area contributed by atoms with Crippen molar-refractivity contribution in [1.82, 2.24) is 15.4 Å². The monoisotopic (exact) mass is 185 g/mol. The summed E-state index contributed by atoms with van der Waals surface area (Å²) in [5, 5.41) is 20.4. The Hall–Kier alpha value is -1.63. The van der Waals surface area contributed by atoms with E-state index in [1.54, 1.807) is 6.92 Å². The topological polar surface area (TPSA) is 117 Å². The summed E-state index contributed by atoms with van der Waals surface area (Å²) in [7, 11) is 0. The second-order valence-electron chi connectivity index (χ2n) is 2.63. The number of anilines is 2. The van der Waals surface area contributed by atoms with Crippen molar-refractivity contribution in [2.45, 2.75) is 13.0 Å². The predicted molar refractivity (Wildman–Crippen MR) is 47.2 cm³/mol. The normalized spacial score (nSPS) is 12.5. The maximum atomic E-state index is 11.1. The molecule has 0 saturated carbocycles. The number of nitrogens with two attached hydrogens (primary N) is 1. The third-order valence-electron chi connectivity index (χ3n) is 1.37. The number of aliphatic hydroxyl groups excluding tert-OH is 1. The third-order valence-corrected chi connectivity index (χ3v) is 1.37. The molecule has 1 heterocycles. The Morgan fingerprint density at radius 3 is 3.00 bits per heavy atom. The van der Waals surface area contributed by atoms with Crippen molar-refractivity contribution in [2.75, 3.05) is 17.6 Å². The van der Waals surface area contributed by atoms with E-state index in [2.05, 4.69) is 20.7 Å². The van der Waals surface area contributed by atoms with Gasteiger partial charge in [-0.3, -0.25) is 4.79 Å². The largest absolute Gasteiger partial charge is 0.392 e. The summed E-state index contributed by atoms with van der Waals surface area (Å²) in [4.78, 5) is 11.1. The van der Waals surface area contributed by atoms with Crippen molar-refractivity contribution >= 4 is 11.5 Å². The van der Waals surface area contributed by atoms with Crippen molar-refractivity contribution in [2.24, 2.45) is 0 Å². The molecule has 5 N–H and O–H groups in total. The molecule has 0 radical (unpaired) electrons. The molecular weight excluding hydrogens is 174 g/mol. The number of nitrogens with one attached hydrogen (secondary N) is 2. The minimum absolute atomic E-state index is 0.0180. The van der Waals surface area contributed by atoms with E-state index >= 15 is 0 Å². The van der Waals surface area contributed by atoms with Crippen LogP contribution in [0.3, 0.4) is 0 Å². The molecule has 0 spiro atoms. The minimum atomic E-state index is -0.563. The smallest absolute Gasteiger partial charge is 0.292 e. The minimum Gasteiger partial charge on any atom is -0.392 e. The molecule has 0 aliphatic heterocycles. The number of hydrogen-bond donors (Lipinski definition) is 4. The average Bonchev–Trinajstić information content (AvgIpc) is 2.03. The number of H-pyrrole nitrogens is 1. The fourth-order valence-corrected chi connectivity index (χ4v) is 0.767. The van der Waals surface area contributed by atoms with Gasteiger partial charge in [-0.1, -0.05) is 5.21 Å². The number of hydrogen-bond acceptors (Lipinski definition) is 6. The number of rotatable bonds is 3. The SMILES string of the molecule is CC(O)CNc1c(N)nn[nH]c1=O. The van der Waals surface area contributed by atoms with Crippen LogP contribution < -0.4 is 16.6 Å². The highest BCUT2D eigenvalue weighted by Gasteiger charge is 2.06. The summed E-state index contributed by atoms with van der Waals surface area (Å²) in [5.41, 5.74) is 5.05. The van der Waals surface area contributed by atoms with Gasteiger partial charge in [-0.05, 0) is 6.92 Å². The molecule has 7 heteroatoms. The first-order valence-electron chi connectivity index (χ1n) is 3.74. The molecule has 0 fully saturated rings. The van der Waals surface area contributed by atoms with Crippen LogP contribution in [0.25, 0.3) is 0 Å². The zero-order valence-electron chi connectivity index (χ0n) is 7.11. The van der Waals surface area contributed by atoms with Crippen LogP contribution >= 0.6 is 0 Å². The molecule has 1 rings (SSSR count). The van der Waals surface area contributed by atoms with Crippen LogP contribution in [0.15, 0.2) is 4.79 Å². The fourth-order valence-electron chi connectivity index (χ4n) is 0.767. The van der Waals surface area contributed by atoms with Crippen molar-refractivity contribution in [3.63, 3.8) is 0 Å². The summed E-state index contributed by atoms with van der Waals surface area (Å²) in [6.45, 7) is 1.82. The van der Waals surface area contributed by atoms with Crippen molar-refractivity contribution < 1.29 is 5.11 Å². The van der Waals surface area contributed by atoms with Gasteiger partial charge in [0.1, 0.15) is 5.69 Å². The van der Waals surface area contributed by atoms with Gasteiger partial charge >= 0.3 is 0 Å². The molecule has 7 nitrogen and oxygen atoms in total. The van der Waals surface area contributed by atoms with Crippen molar-refractivity contribution in [3.8, 4) is 0 Å². The Morgan fingerprint density at radius 2 is 2.46 bits per heavy atom. The van der Waals surface area contributed by atoms with E-state index < -0.39 is 11.7 Å². The molecule has 0 saturated heterocycles. The van der Waals surface area contributed by atoms with E-state index in [0.29, 0.717) is 0 Å². The van der Waals surface area contributed by atoms with Crippen LogP contribution in [0.1, 0.15) is 6.92 Å². The predicted octanol–water partition coefficient (Wildman–Crippen LogP) is -1.46. The number of aromatic nitrogens is 3. The number of nitrogen functional groups attached to an aromatic ring is 1. The molecule has 0 aromatic carbocycles. The molecule has 0 bridgehead atoms. The summed E-state index contributed by atoms with van der Waals surface area (Å²) in [6.07, 6.45) is -0.563. The maximum absolute atomic E-state index is 11.1. The van der Waals surface area contributed by atoms with Crippen LogP contribution in [0.2, 0.25) is 0 Å². The Labute approximate surface area is 74.0 Å². The summed E-state index contributed by atoms with van der Waals surface area (Å²) in [6, 6.07) is 0. The van der Waals surface area contributed by atoms with Gasteiger partial charge < -0.3 is 16.2 Å². The van der Waals surface area contributed by atoms with E-state index in [1.165, 1.54) is 0 Å². The van der Waals surface area contributed by atoms with Gasteiger partial charge in [0.15, 0.2) is 5.82 Å². The highest BCUT2D eigenvalue weighted by molar-refractivity contribution is 5.58. The molecule has 1 aromatic rings. The molecular formula is C6H11N5O2. The summed E-state index contributed by atoms with van der Waals surface area (Å²) >= 11 is 0. The van der Waals surface area contributed by atoms with Gasteiger partial charge in [0.2, 0.25) is 0 Å². The second kappa shape index (κ2) is 3.85. The summed E-state index contributed by atoms with van der Waals surface area (Å²) in [5.74, 6) is 0.0180. The van der Waals surface area contributed by atoms with Gasteiger partial charge in [0.05, 0.1) is 6.10 Å². The zero-order chi connectivity index (χ0) is 9.84. The fraction of sp³-hybridized carbons (Fsp3) is 0.500. The molecule has 0 aliphatic rings. The van der Waals surface area contributed by atoms with E-state index in [-0.39, 0.29) is 18.1 Å². The van der Waals surface area contributed by atoms with Gasteiger partial charge in [-0.2, -0.15) is 0 Å². The molecule has 72 valence electrons. The lowest BCUT2D eigenvalue weighted by Gasteiger charge is -2.07. The van der Waals surface area contributed by atoms with Crippen LogP contribution in [0.4, 0.5) is 11.5 Å². The van der Waals surface area contributed by atoms with Crippen LogP contribution in [0, 0.1) is 0 Å². The van der Waals surface area contributed by atoms with Crippen molar-refractivity contribution in [1.29, 1.82) is 0 Å². The number of nitrogens with zero attached hydrogens (tertiary/aromatic N) is 2. The lowest BCUT2D eigenvalue weighted by Crippen LogP contribution is -2.23. The van der Waals surface area contributed by atoms with Gasteiger partial charge in [-0.25, -0.2) is 5.10 Å². The highest BCUT2D eigenvalue weighted by Crippen LogP contribution is 2.04. The standard InChI is InChI=1S/C6H11N5O2/c1-3(12)2-8-4-5(7)9-11-10-6(4)13/h3,12H,2H2,1H3,(H,8,11)(H3,7,9,10,13). The van der Waals surface area contributed by atoms with Crippen LogP contribution in [-0.4, -0.2) is 33.2 Å². The second-order valence-corrected chi connectivity index (χ2v) is 2.63. The lowest BCUT2D eigenvalue weighted by atomic mass is 10.4. The maximum Gasteiger partial charge on any atom is 0.292 e. The van der Waals surface area contributed by atoms with E-state index in [1.807, 2.05) is 0 Å².